The number of fused-ring (bicyclic) bond motifs is 1. The number of hydrogen-bond acceptors (Lipinski definition) is 4. The largest absolute Gasteiger partial charge is 0.368 e. The van der Waals surface area contributed by atoms with Gasteiger partial charge < -0.3 is 14.6 Å². The average molecular weight is 368 g/mol. The van der Waals surface area contributed by atoms with Crippen LogP contribution in [0.1, 0.15) is 57.2 Å². The Labute approximate surface area is 160 Å². The number of anilines is 1. The highest BCUT2D eigenvalue weighted by atomic mass is 16.5. The Morgan fingerprint density at radius 3 is 2.63 bits per heavy atom. The van der Waals surface area contributed by atoms with Gasteiger partial charge in [-0.2, -0.15) is 0 Å². The summed E-state index contributed by atoms with van der Waals surface area (Å²) < 4.78 is 7.97. The number of ether oxygens (including phenoxy) is 1. The Morgan fingerprint density at radius 1 is 1.04 bits per heavy atom. The van der Waals surface area contributed by atoms with Crippen molar-refractivity contribution in [2.75, 3.05) is 11.9 Å². The van der Waals surface area contributed by atoms with Crippen molar-refractivity contribution < 1.29 is 9.53 Å². The molecule has 1 N–H and O–H groups in total. The summed E-state index contributed by atoms with van der Waals surface area (Å²) in [7, 11) is 0. The highest BCUT2D eigenvalue weighted by Crippen LogP contribution is 2.24. The molecule has 2 aliphatic rings. The lowest BCUT2D eigenvalue weighted by Gasteiger charge is -2.21. The molecule has 27 heavy (non-hydrogen) atoms. The van der Waals surface area contributed by atoms with Gasteiger partial charge in [0.2, 0.25) is 5.91 Å². The topological polar surface area (TPSA) is 69.0 Å². The lowest BCUT2D eigenvalue weighted by Crippen LogP contribution is -2.24. The second-order valence-corrected chi connectivity index (χ2v) is 7.60. The van der Waals surface area contributed by atoms with Crippen molar-refractivity contribution in [3.63, 3.8) is 0 Å². The van der Waals surface area contributed by atoms with Gasteiger partial charge in [0.05, 0.1) is 6.10 Å². The molecule has 0 atom stereocenters. The molecule has 1 aromatic heterocycles. The predicted octanol–water partition coefficient (Wildman–Crippen LogP) is 3.96. The van der Waals surface area contributed by atoms with Gasteiger partial charge in [-0.05, 0) is 49.9 Å². The minimum atomic E-state index is -0.0929. The normalized spacial score (nSPS) is 17.9. The van der Waals surface area contributed by atoms with Crippen LogP contribution in [0.3, 0.4) is 0 Å². The number of amides is 1. The van der Waals surface area contributed by atoms with Crippen molar-refractivity contribution in [2.45, 2.75) is 70.4 Å². The van der Waals surface area contributed by atoms with Crippen LogP contribution in [0.2, 0.25) is 0 Å². The second-order valence-electron chi connectivity index (χ2n) is 7.60. The molecule has 1 amide bonds. The Kier molecular flexibility index (Phi) is 5.82. The molecular formula is C21H28N4O2. The first-order chi connectivity index (χ1) is 13.3. The summed E-state index contributed by atoms with van der Waals surface area (Å²) in [4.78, 5) is 12.1. The number of carbonyl (C=O) groups excluding carboxylic acids is 1. The first kappa shape index (κ1) is 18.2. The lowest BCUT2D eigenvalue weighted by atomic mass is 9.98. The van der Waals surface area contributed by atoms with Crippen molar-refractivity contribution in [1.29, 1.82) is 0 Å². The van der Waals surface area contributed by atoms with Crippen molar-refractivity contribution in [3.05, 3.63) is 30.1 Å². The number of benzene rings is 1. The fourth-order valence-electron chi connectivity index (χ4n) is 4.02. The van der Waals surface area contributed by atoms with Crippen LogP contribution in [0.25, 0.3) is 11.4 Å². The quantitative estimate of drug-likeness (QED) is 0.867. The van der Waals surface area contributed by atoms with E-state index in [1.165, 1.54) is 38.5 Å². The molecule has 2 aromatic rings. The van der Waals surface area contributed by atoms with Gasteiger partial charge in [0.15, 0.2) is 5.82 Å². The Hall–Kier alpha value is -2.21. The molecule has 1 aliphatic heterocycles. The van der Waals surface area contributed by atoms with Gasteiger partial charge in [0, 0.05) is 24.2 Å². The molecule has 0 radical (unpaired) electrons. The third kappa shape index (κ3) is 4.56. The number of hydrogen-bond donors (Lipinski definition) is 1. The molecule has 1 aliphatic carbocycles. The van der Waals surface area contributed by atoms with Crippen LogP contribution in [-0.2, 0) is 22.5 Å². The van der Waals surface area contributed by atoms with E-state index in [9.17, 15) is 4.79 Å². The van der Waals surface area contributed by atoms with E-state index < -0.39 is 0 Å². The predicted molar refractivity (Wildman–Crippen MR) is 104 cm³/mol. The van der Waals surface area contributed by atoms with E-state index >= 15 is 0 Å². The number of nitrogens with one attached hydrogen (secondary N) is 1. The summed E-state index contributed by atoms with van der Waals surface area (Å²) in [5.74, 6) is 1.91. The summed E-state index contributed by atoms with van der Waals surface area (Å²) in [6, 6.07) is 7.85. The van der Waals surface area contributed by atoms with E-state index in [4.69, 9.17) is 4.74 Å². The van der Waals surface area contributed by atoms with Crippen molar-refractivity contribution in [3.8, 4) is 11.4 Å². The Morgan fingerprint density at radius 2 is 1.81 bits per heavy atom. The summed E-state index contributed by atoms with van der Waals surface area (Å²) in [5.41, 5.74) is 1.82. The lowest BCUT2D eigenvalue weighted by molar-refractivity contribution is -0.123. The first-order valence-corrected chi connectivity index (χ1v) is 10.2. The molecule has 1 saturated carbocycles. The molecule has 6 nitrogen and oxygen atoms in total. The zero-order valence-corrected chi connectivity index (χ0v) is 15.8. The van der Waals surface area contributed by atoms with E-state index in [0.29, 0.717) is 0 Å². The Balaban J connectivity index is 1.35. The number of aromatic nitrogens is 3. The van der Waals surface area contributed by atoms with Gasteiger partial charge in [-0.25, -0.2) is 0 Å². The maximum Gasteiger partial charge on any atom is 0.250 e. The van der Waals surface area contributed by atoms with Gasteiger partial charge in [-0.3, -0.25) is 4.79 Å². The molecule has 1 fully saturated rings. The Bertz CT molecular complexity index is 763. The minimum Gasteiger partial charge on any atom is -0.368 e. The molecule has 0 spiro atoms. The van der Waals surface area contributed by atoms with E-state index in [0.717, 1.165) is 48.7 Å². The third-order valence-electron chi connectivity index (χ3n) is 5.54. The molecule has 0 saturated heterocycles. The summed E-state index contributed by atoms with van der Waals surface area (Å²) in [5, 5.41) is 11.7. The fraction of sp³-hybridized carbons (Fsp3) is 0.571. The monoisotopic (exact) mass is 368 g/mol. The molecule has 4 rings (SSSR count). The SMILES string of the molecule is O=C(COC1CCCCC1)Nc1ccc(-c2nnc3n2CCCCC3)cc1. The van der Waals surface area contributed by atoms with E-state index in [-0.39, 0.29) is 18.6 Å². The molecular weight excluding hydrogens is 340 g/mol. The van der Waals surface area contributed by atoms with Gasteiger partial charge >= 0.3 is 0 Å². The summed E-state index contributed by atoms with van der Waals surface area (Å²) >= 11 is 0. The molecule has 0 bridgehead atoms. The van der Waals surface area contributed by atoms with Crippen LogP contribution in [0.4, 0.5) is 5.69 Å². The standard InChI is InChI=1S/C21H28N4O2/c26-20(15-27-18-7-3-1-4-8-18)22-17-12-10-16(11-13-17)21-24-23-19-9-5-2-6-14-25(19)21/h10-13,18H,1-9,14-15H2,(H,22,26). The maximum absolute atomic E-state index is 12.1. The van der Waals surface area contributed by atoms with Gasteiger partial charge in [0.1, 0.15) is 12.4 Å². The number of carbonyl (C=O) groups is 1. The van der Waals surface area contributed by atoms with Gasteiger partial charge in [-0.15, -0.1) is 10.2 Å². The van der Waals surface area contributed by atoms with Crippen molar-refractivity contribution >= 4 is 11.6 Å². The van der Waals surface area contributed by atoms with Crippen LogP contribution in [0.15, 0.2) is 24.3 Å². The van der Waals surface area contributed by atoms with Crippen molar-refractivity contribution in [2.24, 2.45) is 0 Å². The first-order valence-electron chi connectivity index (χ1n) is 10.2. The zero-order valence-electron chi connectivity index (χ0n) is 15.8. The molecule has 0 unspecified atom stereocenters. The van der Waals surface area contributed by atoms with E-state index in [1.54, 1.807) is 0 Å². The zero-order chi connectivity index (χ0) is 18.5. The maximum atomic E-state index is 12.1. The smallest absolute Gasteiger partial charge is 0.250 e. The third-order valence-corrected chi connectivity index (χ3v) is 5.54. The van der Waals surface area contributed by atoms with E-state index in [1.807, 2.05) is 24.3 Å². The number of rotatable bonds is 5. The molecule has 6 heteroatoms. The van der Waals surface area contributed by atoms with Crippen LogP contribution in [0, 0.1) is 0 Å². The molecule has 144 valence electrons. The van der Waals surface area contributed by atoms with Crippen LogP contribution in [0.5, 0.6) is 0 Å². The van der Waals surface area contributed by atoms with Gasteiger partial charge in [-0.1, -0.05) is 25.7 Å². The number of nitrogens with zero attached hydrogens (tertiary/aromatic N) is 3. The second kappa shape index (κ2) is 8.65. The number of aryl methyl sites for hydroxylation is 1. The fourth-order valence-corrected chi connectivity index (χ4v) is 4.02. The minimum absolute atomic E-state index is 0.0929. The highest BCUT2D eigenvalue weighted by Gasteiger charge is 2.17. The summed E-state index contributed by atoms with van der Waals surface area (Å²) in [6.07, 6.45) is 10.7. The van der Waals surface area contributed by atoms with Crippen LogP contribution < -0.4 is 5.32 Å². The van der Waals surface area contributed by atoms with E-state index in [2.05, 4.69) is 20.1 Å². The van der Waals surface area contributed by atoms with Crippen LogP contribution in [-0.4, -0.2) is 33.4 Å². The van der Waals surface area contributed by atoms with Gasteiger partial charge in [0.25, 0.3) is 0 Å². The highest BCUT2D eigenvalue weighted by molar-refractivity contribution is 5.91. The average Bonchev–Trinajstić information content (AvgIpc) is 2.96. The molecule has 2 heterocycles. The van der Waals surface area contributed by atoms with Crippen molar-refractivity contribution in [1.82, 2.24) is 14.8 Å². The summed E-state index contributed by atoms with van der Waals surface area (Å²) in [6.45, 7) is 1.11. The molecule has 1 aromatic carbocycles. The van der Waals surface area contributed by atoms with Crippen LogP contribution >= 0.6 is 0 Å².